The Labute approximate surface area is 123 Å². The Morgan fingerprint density at radius 2 is 2.10 bits per heavy atom. The average molecular weight is 288 g/mol. The first-order chi connectivity index (χ1) is 10.0. The monoisotopic (exact) mass is 288 g/mol. The summed E-state index contributed by atoms with van der Waals surface area (Å²) >= 11 is 0. The lowest BCUT2D eigenvalue weighted by atomic mass is 10.0. The molecule has 2 aromatic rings. The lowest BCUT2D eigenvalue weighted by Gasteiger charge is -2.13. The van der Waals surface area contributed by atoms with E-state index in [-0.39, 0.29) is 12.3 Å². The number of nitrogens with zero attached hydrogens (tertiary/aromatic N) is 4. The van der Waals surface area contributed by atoms with Crippen LogP contribution in [0.15, 0.2) is 18.2 Å². The fourth-order valence-electron chi connectivity index (χ4n) is 2.24. The number of benzene rings is 1. The van der Waals surface area contributed by atoms with Crippen LogP contribution in [-0.4, -0.2) is 31.3 Å². The topological polar surface area (TPSA) is 80.9 Å². The molecule has 0 saturated carbocycles. The second-order valence-electron chi connectivity index (χ2n) is 5.36. The van der Waals surface area contributed by atoms with E-state index in [0.29, 0.717) is 12.4 Å². The predicted octanol–water partition coefficient (Wildman–Crippen LogP) is 2.46. The Hall–Kier alpha value is -2.24. The van der Waals surface area contributed by atoms with Crippen LogP contribution < -0.4 is 0 Å². The first kappa shape index (κ1) is 15.2. The summed E-state index contributed by atoms with van der Waals surface area (Å²) < 4.78 is 1.70. The van der Waals surface area contributed by atoms with Gasteiger partial charge in [-0.3, -0.25) is 4.79 Å². The number of hydrogen-bond acceptors (Lipinski definition) is 4. The van der Waals surface area contributed by atoms with Gasteiger partial charge in [-0.1, -0.05) is 25.5 Å². The van der Waals surface area contributed by atoms with E-state index >= 15 is 0 Å². The maximum Gasteiger partial charge on any atom is 0.303 e. The van der Waals surface area contributed by atoms with E-state index in [2.05, 4.69) is 28.5 Å². The van der Waals surface area contributed by atoms with Crippen LogP contribution >= 0.6 is 0 Å². The molecule has 1 N–H and O–H groups in total. The van der Waals surface area contributed by atoms with E-state index in [1.165, 1.54) is 11.1 Å². The van der Waals surface area contributed by atoms with E-state index in [1.54, 1.807) is 4.68 Å². The maximum absolute atomic E-state index is 10.9. The van der Waals surface area contributed by atoms with Crippen LogP contribution in [0.5, 0.6) is 0 Å². The molecule has 1 unspecified atom stereocenters. The number of aromatic nitrogens is 4. The second-order valence-corrected chi connectivity index (χ2v) is 5.36. The molecule has 112 valence electrons. The largest absolute Gasteiger partial charge is 0.481 e. The number of aryl methyl sites for hydroxylation is 2. The molecule has 1 aromatic carbocycles. The predicted molar refractivity (Wildman–Crippen MR) is 78.8 cm³/mol. The Bertz CT molecular complexity index is 636. The first-order valence-electron chi connectivity index (χ1n) is 7.06. The molecule has 1 heterocycles. The van der Waals surface area contributed by atoms with E-state index < -0.39 is 5.97 Å². The van der Waals surface area contributed by atoms with Gasteiger partial charge in [-0.05, 0) is 47.4 Å². The van der Waals surface area contributed by atoms with Crippen molar-refractivity contribution in [2.45, 2.75) is 40.2 Å². The van der Waals surface area contributed by atoms with E-state index in [0.717, 1.165) is 12.0 Å². The summed E-state index contributed by atoms with van der Waals surface area (Å²) in [5.41, 5.74) is 3.35. The molecule has 2 rings (SSSR count). The molecule has 0 aliphatic rings. The summed E-state index contributed by atoms with van der Waals surface area (Å²) in [5.74, 6) is -0.0825. The summed E-state index contributed by atoms with van der Waals surface area (Å²) in [7, 11) is 0. The standard InChI is InChI=1S/C15H20N4O2/c1-4-12(8-14(20)21)9-19-15(16-17-18-19)13-6-5-10(2)11(3)7-13/h5-7,12H,4,8-9H2,1-3H3,(H,20,21). The highest BCUT2D eigenvalue weighted by Crippen LogP contribution is 2.21. The molecule has 0 aliphatic heterocycles. The highest BCUT2D eigenvalue weighted by atomic mass is 16.4. The molecule has 0 spiro atoms. The van der Waals surface area contributed by atoms with Crippen LogP contribution in [0, 0.1) is 19.8 Å². The summed E-state index contributed by atoms with van der Waals surface area (Å²) in [5, 5.41) is 20.7. The fraction of sp³-hybridized carbons (Fsp3) is 0.467. The zero-order chi connectivity index (χ0) is 15.4. The van der Waals surface area contributed by atoms with Crippen LogP contribution in [0.4, 0.5) is 0 Å². The molecule has 1 aromatic heterocycles. The van der Waals surface area contributed by atoms with Gasteiger partial charge < -0.3 is 5.11 Å². The molecule has 6 heteroatoms. The van der Waals surface area contributed by atoms with Crippen LogP contribution in [0.25, 0.3) is 11.4 Å². The Balaban J connectivity index is 2.25. The molecule has 6 nitrogen and oxygen atoms in total. The van der Waals surface area contributed by atoms with Crippen molar-refractivity contribution >= 4 is 5.97 Å². The van der Waals surface area contributed by atoms with Gasteiger partial charge in [0.05, 0.1) is 0 Å². The fourth-order valence-corrected chi connectivity index (χ4v) is 2.24. The smallest absolute Gasteiger partial charge is 0.303 e. The second kappa shape index (κ2) is 6.47. The Morgan fingerprint density at radius 3 is 2.71 bits per heavy atom. The normalized spacial score (nSPS) is 12.3. The summed E-state index contributed by atoms with van der Waals surface area (Å²) in [6, 6.07) is 6.08. The molecule has 21 heavy (non-hydrogen) atoms. The van der Waals surface area contributed by atoms with Crippen LogP contribution in [0.3, 0.4) is 0 Å². The van der Waals surface area contributed by atoms with Gasteiger partial charge in [0.2, 0.25) is 0 Å². The van der Waals surface area contributed by atoms with Gasteiger partial charge in [-0.15, -0.1) is 5.10 Å². The van der Waals surface area contributed by atoms with Crippen molar-refractivity contribution in [2.75, 3.05) is 0 Å². The molecule has 0 bridgehead atoms. The van der Waals surface area contributed by atoms with Crippen molar-refractivity contribution in [1.29, 1.82) is 0 Å². The highest BCUT2D eigenvalue weighted by Gasteiger charge is 2.16. The Kier molecular flexibility index (Phi) is 4.67. The van der Waals surface area contributed by atoms with Gasteiger partial charge in [0, 0.05) is 18.5 Å². The molecule has 1 atom stereocenters. The minimum absolute atomic E-state index is 0.0243. The van der Waals surface area contributed by atoms with Crippen LogP contribution in [0.1, 0.15) is 30.9 Å². The number of carbonyl (C=O) groups is 1. The number of carboxylic acid groups (broad SMARTS) is 1. The van der Waals surface area contributed by atoms with Crippen LogP contribution in [-0.2, 0) is 11.3 Å². The SMILES string of the molecule is CCC(CC(=O)O)Cn1nnnc1-c1ccc(C)c(C)c1. The van der Waals surface area contributed by atoms with Crippen molar-refractivity contribution in [3.05, 3.63) is 29.3 Å². The van der Waals surface area contributed by atoms with Gasteiger partial charge in [0.1, 0.15) is 0 Å². The van der Waals surface area contributed by atoms with Gasteiger partial charge in [-0.2, -0.15) is 0 Å². The average Bonchev–Trinajstić information content (AvgIpc) is 2.88. The molecule has 0 saturated heterocycles. The van der Waals surface area contributed by atoms with E-state index in [9.17, 15) is 4.79 Å². The summed E-state index contributed by atoms with van der Waals surface area (Å²) in [6.07, 6.45) is 0.904. The molecule has 0 radical (unpaired) electrons. The number of tetrazole rings is 1. The molecule has 0 fully saturated rings. The number of rotatable bonds is 6. The minimum Gasteiger partial charge on any atom is -0.481 e. The van der Waals surface area contributed by atoms with Gasteiger partial charge >= 0.3 is 5.97 Å². The van der Waals surface area contributed by atoms with Crippen molar-refractivity contribution in [2.24, 2.45) is 5.92 Å². The lowest BCUT2D eigenvalue weighted by Crippen LogP contribution is -2.16. The van der Waals surface area contributed by atoms with Crippen molar-refractivity contribution in [3.63, 3.8) is 0 Å². The van der Waals surface area contributed by atoms with Crippen LogP contribution in [0.2, 0.25) is 0 Å². The van der Waals surface area contributed by atoms with Crippen molar-refractivity contribution in [3.8, 4) is 11.4 Å². The van der Waals surface area contributed by atoms with Crippen molar-refractivity contribution in [1.82, 2.24) is 20.2 Å². The van der Waals surface area contributed by atoms with Gasteiger partial charge in [-0.25, -0.2) is 4.68 Å². The van der Waals surface area contributed by atoms with Gasteiger partial charge in [0.15, 0.2) is 5.82 Å². The summed E-state index contributed by atoms with van der Waals surface area (Å²) in [6.45, 7) is 6.60. The third-order valence-corrected chi connectivity index (χ3v) is 3.77. The van der Waals surface area contributed by atoms with E-state index in [4.69, 9.17) is 5.11 Å². The lowest BCUT2D eigenvalue weighted by molar-refractivity contribution is -0.138. The number of hydrogen-bond donors (Lipinski definition) is 1. The quantitative estimate of drug-likeness (QED) is 0.883. The first-order valence-corrected chi connectivity index (χ1v) is 7.06. The highest BCUT2D eigenvalue weighted by molar-refractivity contribution is 5.67. The zero-order valence-electron chi connectivity index (χ0n) is 12.6. The van der Waals surface area contributed by atoms with Crippen molar-refractivity contribution < 1.29 is 9.90 Å². The number of carboxylic acids is 1. The molecule has 0 aliphatic carbocycles. The third-order valence-electron chi connectivity index (χ3n) is 3.77. The maximum atomic E-state index is 10.9. The van der Waals surface area contributed by atoms with E-state index in [1.807, 2.05) is 26.0 Å². The Morgan fingerprint density at radius 1 is 1.33 bits per heavy atom. The van der Waals surface area contributed by atoms with Gasteiger partial charge in [0.25, 0.3) is 0 Å². The summed E-state index contributed by atoms with van der Waals surface area (Å²) in [4.78, 5) is 10.9. The zero-order valence-corrected chi connectivity index (χ0v) is 12.6. The molecular weight excluding hydrogens is 268 g/mol. The number of aliphatic carboxylic acids is 1. The minimum atomic E-state index is -0.789. The molecular formula is C15H20N4O2. The molecule has 0 amide bonds. The third kappa shape index (κ3) is 3.65.